The van der Waals surface area contributed by atoms with E-state index < -0.39 is 41.0 Å². The van der Waals surface area contributed by atoms with Crippen LogP contribution in [-0.4, -0.2) is 34.9 Å². The van der Waals surface area contributed by atoms with Gasteiger partial charge >= 0.3 is 0 Å². The summed E-state index contributed by atoms with van der Waals surface area (Å²) in [6.07, 6.45) is 3.02. The third kappa shape index (κ3) is 6.90. The second kappa shape index (κ2) is 13.8. The van der Waals surface area contributed by atoms with Crippen LogP contribution in [0.3, 0.4) is 0 Å². The van der Waals surface area contributed by atoms with E-state index in [-0.39, 0.29) is 6.42 Å². The largest absolute Gasteiger partial charge is 0.494 e. The highest BCUT2D eigenvalue weighted by Gasteiger charge is 2.56. The molecule has 3 aromatic carbocycles. The molecule has 0 aliphatic heterocycles. The normalized spacial score (nSPS) is 21.9. The zero-order valence-corrected chi connectivity index (χ0v) is 25.0. The van der Waals surface area contributed by atoms with Crippen molar-refractivity contribution in [2.45, 2.75) is 71.3 Å². The first kappa shape index (κ1) is 31.0. The van der Waals surface area contributed by atoms with Gasteiger partial charge in [0.05, 0.1) is 18.1 Å². The maximum atomic E-state index is 14.1. The number of para-hydroxylation sites is 2. The topological polar surface area (TPSA) is 105 Å². The summed E-state index contributed by atoms with van der Waals surface area (Å²) in [5.41, 5.74) is 2.10. The number of anilines is 2. The van der Waals surface area contributed by atoms with Crippen molar-refractivity contribution in [1.82, 2.24) is 0 Å². The Morgan fingerprint density at radius 3 is 1.95 bits per heavy atom. The summed E-state index contributed by atoms with van der Waals surface area (Å²) in [5, 5.41) is 17.6. The molecule has 0 bridgehead atoms. The molecule has 4 rings (SSSR count). The van der Waals surface area contributed by atoms with Gasteiger partial charge in [0.15, 0.2) is 0 Å². The van der Waals surface area contributed by atoms with Gasteiger partial charge in [0, 0.05) is 23.7 Å². The molecule has 4 atom stereocenters. The van der Waals surface area contributed by atoms with E-state index in [1.807, 2.05) is 62.4 Å². The maximum Gasteiger partial charge on any atom is 0.235 e. The van der Waals surface area contributed by atoms with Crippen molar-refractivity contribution in [3.63, 3.8) is 0 Å². The van der Waals surface area contributed by atoms with E-state index in [9.17, 15) is 19.5 Å². The second-order valence-corrected chi connectivity index (χ2v) is 11.3. The Kier molecular flexibility index (Phi) is 10.2. The number of unbranched alkanes of at least 4 members (excludes halogenated alkanes) is 1. The molecule has 2 amide bonds. The number of Topliss-reactive ketones (excluding diaryl/α,β-unsaturated/α-hetero) is 1. The predicted octanol–water partition coefficient (Wildman–Crippen LogP) is 6.31. The number of carbonyl (C=O) groups excluding carboxylic acids is 3. The summed E-state index contributed by atoms with van der Waals surface area (Å²) >= 11 is 0. The van der Waals surface area contributed by atoms with Gasteiger partial charge in [-0.15, -0.1) is 0 Å². The number of aliphatic hydroxyl groups is 1. The molecule has 7 nitrogen and oxygen atoms in total. The summed E-state index contributed by atoms with van der Waals surface area (Å²) in [5.74, 6) is -3.84. The smallest absolute Gasteiger partial charge is 0.235 e. The molecule has 7 heteroatoms. The Balaban J connectivity index is 1.76. The summed E-state index contributed by atoms with van der Waals surface area (Å²) in [7, 11) is 0. The second-order valence-electron chi connectivity index (χ2n) is 11.3. The van der Waals surface area contributed by atoms with E-state index >= 15 is 0 Å². The van der Waals surface area contributed by atoms with Crippen LogP contribution in [0.5, 0.6) is 5.75 Å². The van der Waals surface area contributed by atoms with Crippen LogP contribution in [0.1, 0.15) is 69.6 Å². The van der Waals surface area contributed by atoms with Crippen molar-refractivity contribution in [2.75, 3.05) is 17.2 Å². The third-order valence-corrected chi connectivity index (χ3v) is 8.18. The van der Waals surface area contributed by atoms with Crippen molar-refractivity contribution in [3.05, 3.63) is 89.5 Å². The number of carbonyl (C=O) groups is 3. The van der Waals surface area contributed by atoms with Gasteiger partial charge < -0.3 is 20.5 Å². The van der Waals surface area contributed by atoms with Gasteiger partial charge in [-0.2, -0.15) is 0 Å². The fraction of sp³-hybridized carbons (Fsp3) is 0.400. The molecule has 0 heterocycles. The average molecular weight is 571 g/mol. The molecule has 1 fully saturated rings. The Morgan fingerprint density at radius 1 is 0.857 bits per heavy atom. The first-order chi connectivity index (χ1) is 20.2. The summed E-state index contributed by atoms with van der Waals surface area (Å²) < 4.78 is 5.83. The minimum Gasteiger partial charge on any atom is -0.494 e. The lowest BCUT2D eigenvalue weighted by atomic mass is 9.61. The molecule has 0 radical (unpaired) electrons. The highest BCUT2D eigenvalue weighted by Crippen LogP contribution is 2.47. The molecular formula is C35H42N2O5. The van der Waals surface area contributed by atoms with Crippen molar-refractivity contribution in [2.24, 2.45) is 11.8 Å². The van der Waals surface area contributed by atoms with Gasteiger partial charge in [-0.25, -0.2) is 0 Å². The molecule has 3 aromatic rings. The molecule has 1 aliphatic carbocycles. The molecule has 3 N–H and O–H groups in total. The lowest BCUT2D eigenvalue weighted by Gasteiger charge is -2.44. The van der Waals surface area contributed by atoms with E-state index in [1.54, 1.807) is 24.3 Å². The number of hydrogen-bond acceptors (Lipinski definition) is 5. The molecule has 4 unspecified atom stereocenters. The number of nitrogens with one attached hydrogen (secondary N) is 2. The fourth-order valence-corrected chi connectivity index (χ4v) is 5.93. The quantitative estimate of drug-likeness (QED) is 0.185. The van der Waals surface area contributed by atoms with E-state index in [1.165, 1.54) is 6.92 Å². The fourth-order valence-electron chi connectivity index (χ4n) is 5.93. The molecular weight excluding hydrogens is 528 g/mol. The van der Waals surface area contributed by atoms with Gasteiger partial charge in [-0.05, 0) is 67.1 Å². The maximum absolute atomic E-state index is 14.1. The van der Waals surface area contributed by atoms with Crippen LogP contribution in [0.4, 0.5) is 11.4 Å². The lowest BCUT2D eigenvalue weighted by molar-refractivity contribution is -0.150. The number of rotatable bonds is 11. The molecule has 1 aliphatic rings. The molecule has 0 spiro atoms. The summed E-state index contributed by atoms with van der Waals surface area (Å²) in [6.45, 7) is 8.18. The number of benzene rings is 3. The van der Waals surface area contributed by atoms with Crippen molar-refractivity contribution in [1.29, 1.82) is 0 Å². The van der Waals surface area contributed by atoms with Crippen molar-refractivity contribution in [3.8, 4) is 5.75 Å². The zero-order valence-electron chi connectivity index (χ0n) is 25.0. The lowest BCUT2D eigenvalue weighted by Crippen LogP contribution is -2.56. The van der Waals surface area contributed by atoms with Crippen LogP contribution in [0.15, 0.2) is 72.8 Å². The zero-order chi connectivity index (χ0) is 30.3. The number of hydrogen-bond donors (Lipinski definition) is 3. The van der Waals surface area contributed by atoms with Crippen LogP contribution in [0, 0.1) is 11.8 Å². The van der Waals surface area contributed by atoms with E-state index in [0.29, 0.717) is 42.1 Å². The number of ether oxygens (including phenoxy) is 1. The van der Waals surface area contributed by atoms with Crippen LogP contribution in [0.25, 0.3) is 0 Å². The van der Waals surface area contributed by atoms with Crippen LogP contribution >= 0.6 is 0 Å². The minimum atomic E-state index is -1.68. The molecule has 0 saturated heterocycles. The third-order valence-electron chi connectivity index (χ3n) is 8.18. The highest BCUT2D eigenvalue weighted by atomic mass is 16.5. The minimum absolute atomic E-state index is 0.317. The average Bonchev–Trinajstić information content (AvgIpc) is 2.97. The summed E-state index contributed by atoms with van der Waals surface area (Å²) in [6, 6.07) is 22.2. The number of amides is 2. The van der Waals surface area contributed by atoms with E-state index in [2.05, 4.69) is 17.6 Å². The highest BCUT2D eigenvalue weighted by molar-refractivity contribution is 6.10. The van der Waals surface area contributed by atoms with Gasteiger partial charge in [0.25, 0.3) is 0 Å². The predicted molar refractivity (Wildman–Crippen MR) is 166 cm³/mol. The molecule has 0 aromatic heterocycles. The van der Waals surface area contributed by atoms with Gasteiger partial charge in [0.1, 0.15) is 17.5 Å². The van der Waals surface area contributed by atoms with Crippen LogP contribution < -0.4 is 15.4 Å². The van der Waals surface area contributed by atoms with Gasteiger partial charge in [-0.1, -0.05) is 75.7 Å². The Labute approximate surface area is 248 Å². The standard InChI is InChI=1S/C35H42N2O5/c1-5-8-21-42-26-19-17-25(18-20-26)30-31(33(39)36-27-15-11-9-13-23(27)6-2)29(38)22-35(4,41)32(30)34(40)37-28-16-12-10-14-24(28)7-3/h9-20,30-32,41H,5-8,21-22H2,1-4H3,(H,36,39)(H,37,40). The molecule has 222 valence electrons. The first-order valence-corrected chi connectivity index (χ1v) is 15.0. The SMILES string of the molecule is CCCCOc1ccc(C2C(C(=O)Nc3ccccc3CC)C(=O)CC(C)(O)C2C(=O)Nc2ccccc2CC)cc1. The Hall–Kier alpha value is -3.97. The van der Waals surface area contributed by atoms with E-state index in [4.69, 9.17) is 4.74 Å². The number of aryl methyl sites for hydroxylation is 2. The van der Waals surface area contributed by atoms with Crippen LogP contribution in [-0.2, 0) is 27.2 Å². The first-order valence-electron chi connectivity index (χ1n) is 15.0. The molecule has 42 heavy (non-hydrogen) atoms. The Bertz CT molecular complexity index is 1400. The summed E-state index contributed by atoms with van der Waals surface area (Å²) in [4.78, 5) is 41.7. The monoisotopic (exact) mass is 570 g/mol. The van der Waals surface area contributed by atoms with Gasteiger partial charge in [-0.3, -0.25) is 14.4 Å². The van der Waals surface area contributed by atoms with Gasteiger partial charge in [0.2, 0.25) is 11.8 Å². The number of ketones is 1. The van der Waals surface area contributed by atoms with Crippen molar-refractivity contribution >= 4 is 29.0 Å². The van der Waals surface area contributed by atoms with Crippen LogP contribution in [0.2, 0.25) is 0 Å². The van der Waals surface area contributed by atoms with E-state index in [0.717, 1.165) is 24.0 Å². The van der Waals surface area contributed by atoms with Crippen molar-refractivity contribution < 1.29 is 24.2 Å². The Morgan fingerprint density at radius 2 is 1.40 bits per heavy atom. The molecule has 1 saturated carbocycles.